The number of anilines is 2. The summed E-state index contributed by atoms with van der Waals surface area (Å²) < 4.78 is 14.9. The molecule has 2 rings (SSSR count). The monoisotopic (exact) mass is 475 g/mol. The van der Waals surface area contributed by atoms with Crippen LogP contribution in [0.25, 0.3) is 0 Å². The van der Waals surface area contributed by atoms with Crippen molar-refractivity contribution in [3.05, 3.63) is 44.9 Å². The highest BCUT2D eigenvalue weighted by Crippen LogP contribution is 2.26. The van der Waals surface area contributed by atoms with Crippen LogP contribution in [0.1, 0.15) is 34.2 Å². The maximum absolute atomic E-state index is 14.1. The maximum atomic E-state index is 14.1. The van der Waals surface area contributed by atoms with Gasteiger partial charge in [-0.25, -0.2) is 9.45 Å². The first kappa shape index (κ1) is 20.3. The average Bonchev–Trinajstić information content (AvgIpc) is 3.04. The van der Waals surface area contributed by atoms with Crippen LogP contribution in [0.3, 0.4) is 0 Å². The van der Waals surface area contributed by atoms with Gasteiger partial charge in [0.2, 0.25) is 0 Å². The fraction of sp³-hybridized carbons (Fsp3) is 0.294. The van der Waals surface area contributed by atoms with Gasteiger partial charge in [0.15, 0.2) is 5.78 Å². The Morgan fingerprint density at radius 3 is 2.73 bits per heavy atom. The third-order valence-electron chi connectivity index (χ3n) is 3.52. The quantitative estimate of drug-likeness (QED) is 0.310. The Hall–Kier alpha value is -1.98. The molecule has 1 aromatic carbocycles. The molecule has 0 aliphatic heterocycles. The van der Waals surface area contributed by atoms with Crippen molar-refractivity contribution in [1.82, 2.24) is 10.0 Å². The van der Waals surface area contributed by atoms with Gasteiger partial charge in [-0.05, 0) is 46.9 Å². The highest BCUT2D eigenvalue weighted by Gasteiger charge is 2.22. The van der Waals surface area contributed by atoms with Crippen LogP contribution in [0.4, 0.5) is 15.9 Å². The Labute approximate surface area is 163 Å². The molecular formula is C17H19FIN3O4. The standard InChI is InChI=1S/C17H19FIN3O4/c1-3-15(24)14-9-11(17(25)22(2)26-7-6-23)16(21-14)20-13-5-4-10(19)8-12(13)18/h4-5,8-9,20-21,23H,3,6-7H2,1-2H3. The van der Waals surface area contributed by atoms with E-state index in [1.807, 2.05) is 22.6 Å². The molecule has 0 saturated carbocycles. The first-order valence-electron chi connectivity index (χ1n) is 7.87. The lowest BCUT2D eigenvalue weighted by Gasteiger charge is -2.16. The van der Waals surface area contributed by atoms with Gasteiger partial charge < -0.3 is 15.4 Å². The zero-order chi connectivity index (χ0) is 19.3. The lowest BCUT2D eigenvalue weighted by atomic mass is 10.2. The summed E-state index contributed by atoms with van der Waals surface area (Å²) in [4.78, 5) is 32.5. The molecular weight excluding hydrogens is 456 g/mol. The van der Waals surface area contributed by atoms with Crippen LogP contribution in [0, 0.1) is 9.39 Å². The SMILES string of the molecule is CCC(=O)c1cc(C(=O)N(C)OCCO)c(Nc2ccc(I)cc2F)[nH]1. The minimum atomic E-state index is -0.543. The van der Waals surface area contributed by atoms with Crippen molar-refractivity contribution in [2.24, 2.45) is 0 Å². The second kappa shape index (κ2) is 9.10. The van der Waals surface area contributed by atoms with Crippen molar-refractivity contribution < 1.29 is 23.9 Å². The highest BCUT2D eigenvalue weighted by molar-refractivity contribution is 14.1. The van der Waals surface area contributed by atoms with Crippen LogP contribution >= 0.6 is 22.6 Å². The van der Waals surface area contributed by atoms with E-state index in [4.69, 9.17) is 9.94 Å². The molecule has 0 unspecified atom stereocenters. The maximum Gasteiger partial charge on any atom is 0.280 e. The third-order valence-corrected chi connectivity index (χ3v) is 4.19. The molecule has 1 amide bonds. The lowest BCUT2D eigenvalue weighted by molar-refractivity contribution is -0.114. The normalized spacial score (nSPS) is 10.7. The van der Waals surface area contributed by atoms with E-state index in [1.54, 1.807) is 19.1 Å². The highest BCUT2D eigenvalue weighted by atomic mass is 127. The number of aliphatic hydroxyl groups excluding tert-OH is 1. The van der Waals surface area contributed by atoms with Gasteiger partial charge in [-0.2, -0.15) is 0 Å². The summed E-state index contributed by atoms with van der Waals surface area (Å²) in [5.41, 5.74) is 0.524. The molecule has 0 saturated heterocycles. The van der Waals surface area contributed by atoms with Gasteiger partial charge in [-0.15, -0.1) is 0 Å². The number of carbonyl (C=O) groups is 2. The fourth-order valence-corrected chi connectivity index (χ4v) is 2.65. The minimum absolute atomic E-state index is 0.0536. The van der Waals surface area contributed by atoms with Crippen molar-refractivity contribution in [3.8, 4) is 0 Å². The number of halogens is 2. The number of nitrogens with one attached hydrogen (secondary N) is 2. The number of hydrogen-bond donors (Lipinski definition) is 3. The third kappa shape index (κ3) is 4.80. The minimum Gasteiger partial charge on any atom is -0.394 e. The molecule has 0 bridgehead atoms. The molecule has 2 aromatic rings. The number of rotatable bonds is 8. The molecule has 0 fully saturated rings. The molecule has 3 N–H and O–H groups in total. The Morgan fingerprint density at radius 1 is 1.38 bits per heavy atom. The summed E-state index contributed by atoms with van der Waals surface area (Å²) in [5, 5.41) is 12.6. The van der Waals surface area contributed by atoms with Crippen LogP contribution in [0.15, 0.2) is 24.3 Å². The second-order valence-electron chi connectivity index (χ2n) is 5.36. The van der Waals surface area contributed by atoms with Gasteiger partial charge in [-0.3, -0.25) is 14.4 Å². The molecule has 1 heterocycles. The topological polar surface area (TPSA) is 94.7 Å². The van der Waals surface area contributed by atoms with E-state index in [0.717, 1.165) is 8.63 Å². The van der Waals surface area contributed by atoms with Crippen molar-refractivity contribution in [2.45, 2.75) is 13.3 Å². The van der Waals surface area contributed by atoms with Gasteiger partial charge in [-0.1, -0.05) is 6.92 Å². The number of ketones is 1. The Balaban J connectivity index is 2.38. The largest absolute Gasteiger partial charge is 0.394 e. The van der Waals surface area contributed by atoms with E-state index in [0.29, 0.717) is 0 Å². The number of aromatic amines is 1. The molecule has 7 nitrogen and oxygen atoms in total. The number of carbonyl (C=O) groups excluding carboxylic acids is 2. The van der Waals surface area contributed by atoms with Gasteiger partial charge in [0.25, 0.3) is 5.91 Å². The number of benzene rings is 1. The number of aromatic nitrogens is 1. The van der Waals surface area contributed by atoms with E-state index in [2.05, 4.69) is 10.3 Å². The molecule has 9 heteroatoms. The average molecular weight is 475 g/mol. The van der Waals surface area contributed by atoms with Crippen molar-refractivity contribution >= 4 is 45.8 Å². The number of nitrogens with zero attached hydrogens (tertiary/aromatic N) is 1. The molecule has 0 atom stereocenters. The number of Topliss-reactive ketones (excluding diaryl/α,β-unsaturated/α-hetero) is 1. The number of H-pyrrole nitrogens is 1. The first-order chi connectivity index (χ1) is 12.4. The van der Waals surface area contributed by atoms with E-state index < -0.39 is 11.7 Å². The Bertz CT molecular complexity index is 809. The number of hydroxylamine groups is 2. The van der Waals surface area contributed by atoms with Gasteiger partial charge in [0.1, 0.15) is 11.6 Å². The molecule has 0 spiro atoms. The second-order valence-corrected chi connectivity index (χ2v) is 6.60. The smallest absolute Gasteiger partial charge is 0.280 e. The summed E-state index contributed by atoms with van der Waals surface area (Å²) in [6.07, 6.45) is 0.252. The predicted octanol–water partition coefficient (Wildman–Crippen LogP) is 3.09. The summed E-state index contributed by atoms with van der Waals surface area (Å²) in [6.45, 7) is 1.40. The van der Waals surface area contributed by atoms with Crippen LogP contribution < -0.4 is 5.32 Å². The summed E-state index contributed by atoms with van der Waals surface area (Å²) in [5.74, 6) is -1.03. The fourth-order valence-electron chi connectivity index (χ4n) is 2.19. The number of amides is 1. The molecule has 0 radical (unpaired) electrons. The number of hydrogen-bond acceptors (Lipinski definition) is 5. The van der Waals surface area contributed by atoms with E-state index >= 15 is 0 Å². The van der Waals surface area contributed by atoms with Crippen LogP contribution in [0.5, 0.6) is 0 Å². The Kier molecular flexibility index (Phi) is 7.12. The van der Waals surface area contributed by atoms with Gasteiger partial charge >= 0.3 is 0 Å². The lowest BCUT2D eigenvalue weighted by Crippen LogP contribution is -2.28. The van der Waals surface area contributed by atoms with E-state index in [9.17, 15) is 14.0 Å². The predicted molar refractivity (Wildman–Crippen MR) is 103 cm³/mol. The van der Waals surface area contributed by atoms with Gasteiger partial charge in [0.05, 0.1) is 30.2 Å². The molecule has 0 aliphatic carbocycles. The van der Waals surface area contributed by atoms with Crippen LogP contribution in [0.2, 0.25) is 0 Å². The first-order valence-corrected chi connectivity index (χ1v) is 8.95. The van der Waals surface area contributed by atoms with Crippen LogP contribution in [-0.4, -0.2) is 47.1 Å². The number of aliphatic hydroxyl groups is 1. The molecule has 1 aromatic heterocycles. The summed E-state index contributed by atoms with van der Waals surface area (Å²) in [7, 11) is 1.39. The van der Waals surface area contributed by atoms with Crippen molar-refractivity contribution in [3.63, 3.8) is 0 Å². The van der Waals surface area contributed by atoms with Crippen LogP contribution in [-0.2, 0) is 4.84 Å². The van der Waals surface area contributed by atoms with Crippen molar-refractivity contribution in [2.75, 3.05) is 25.6 Å². The zero-order valence-corrected chi connectivity index (χ0v) is 16.5. The Morgan fingerprint density at radius 2 is 2.12 bits per heavy atom. The zero-order valence-electron chi connectivity index (χ0n) is 14.3. The van der Waals surface area contributed by atoms with E-state index in [-0.39, 0.29) is 48.2 Å². The van der Waals surface area contributed by atoms with Gasteiger partial charge in [0, 0.05) is 17.0 Å². The summed E-state index contributed by atoms with van der Waals surface area (Å²) in [6, 6.07) is 6.01. The van der Waals surface area contributed by atoms with Crippen molar-refractivity contribution in [1.29, 1.82) is 0 Å². The summed E-state index contributed by atoms with van der Waals surface area (Å²) >= 11 is 1.99. The van der Waals surface area contributed by atoms with E-state index in [1.165, 1.54) is 19.2 Å². The molecule has 140 valence electrons. The molecule has 26 heavy (non-hydrogen) atoms. The molecule has 0 aliphatic rings.